The highest BCUT2D eigenvalue weighted by Gasteiger charge is 2.30. The van der Waals surface area contributed by atoms with E-state index in [1.165, 1.54) is 17.8 Å². The number of rotatable bonds is 5. The number of hydrogen-bond donors (Lipinski definition) is 0. The second kappa shape index (κ2) is 6.88. The molecule has 2 aromatic rings. The van der Waals surface area contributed by atoms with E-state index in [1.807, 2.05) is 0 Å². The molecule has 0 radical (unpaired) electrons. The lowest BCUT2D eigenvalue weighted by molar-refractivity contribution is -0.137. The van der Waals surface area contributed by atoms with Crippen LogP contribution in [-0.4, -0.2) is 32.9 Å². The van der Waals surface area contributed by atoms with Gasteiger partial charge >= 0.3 is 6.18 Å². The molecule has 1 unspecified atom stereocenters. The third kappa shape index (κ3) is 4.23. The van der Waals surface area contributed by atoms with Crippen LogP contribution in [0.4, 0.5) is 13.2 Å². The van der Waals surface area contributed by atoms with E-state index in [0.717, 1.165) is 31.6 Å². The first-order chi connectivity index (χ1) is 11.0. The van der Waals surface area contributed by atoms with Crippen LogP contribution in [0.3, 0.4) is 0 Å². The van der Waals surface area contributed by atoms with Gasteiger partial charge in [-0.3, -0.25) is 0 Å². The molecule has 0 spiro atoms. The zero-order valence-electron chi connectivity index (χ0n) is 12.2. The lowest BCUT2D eigenvalue weighted by Gasteiger charge is -2.10. The molecule has 1 saturated heterocycles. The van der Waals surface area contributed by atoms with Crippen LogP contribution in [0, 0.1) is 0 Å². The number of hydrogen-bond acceptors (Lipinski definition) is 5. The van der Waals surface area contributed by atoms with E-state index in [1.54, 1.807) is 10.7 Å². The highest BCUT2D eigenvalue weighted by atomic mass is 32.2. The fourth-order valence-corrected chi connectivity index (χ4v) is 3.21. The SMILES string of the molecule is FC(F)(F)c1cccc(CSc2nnnn2CC2CCCO2)c1. The van der Waals surface area contributed by atoms with Crippen molar-refractivity contribution in [3.05, 3.63) is 35.4 Å². The van der Waals surface area contributed by atoms with Gasteiger partial charge in [-0.25, -0.2) is 4.68 Å². The number of ether oxygens (including phenoxy) is 1. The van der Waals surface area contributed by atoms with Crippen LogP contribution < -0.4 is 0 Å². The molecule has 124 valence electrons. The summed E-state index contributed by atoms with van der Waals surface area (Å²) in [5.74, 6) is 0.371. The summed E-state index contributed by atoms with van der Waals surface area (Å²) < 4.78 is 45.3. The summed E-state index contributed by atoms with van der Waals surface area (Å²) in [6.07, 6.45) is -2.23. The third-order valence-corrected chi connectivity index (χ3v) is 4.55. The number of aromatic nitrogens is 4. The van der Waals surface area contributed by atoms with E-state index in [9.17, 15) is 13.2 Å². The minimum atomic E-state index is -4.33. The van der Waals surface area contributed by atoms with Gasteiger partial charge < -0.3 is 4.74 Å². The van der Waals surface area contributed by atoms with E-state index in [-0.39, 0.29) is 6.10 Å². The highest BCUT2D eigenvalue weighted by molar-refractivity contribution is 7.98. The van der Waals surface area contributed by atoms with Crippen molar-refractivity contribution in [2.45, 2.75) is 42.6 Å². The fraction of sp³-hybridized carbons (Fsp3) is 0.500. The lowest BCUT2D eigenvalue weighted by Crippen LogP contribution is -2.16. The van der Waals surface area contributed by atoms with E-state index >= 15 is 0 Å². The molecule has 1 aliphatic heterocycles. The van der Waals surface area contributed by atoms with Crippen LogP contribution in [0.5, 0.6) is 0 Å². The second-order valence-electron chi connectivity index (χ2n) is 5.27. The van der Waals surface area contributed by atoms with Crippen LogP contribution in [0.15, 0.2) is 29.4 Å². The van der Waals surface area contributed by atoms with Crippen molar-refractivity contribution < 1.29 is 17.9 Å². The van der Waals surface area contributed by atoms with E-state index in [4.69, 9.17) is 4.74 Å². The number of tetrazole rings is 1. The van der Waals surface area contributed by atoms with Crippen molar-refractivity contribution in [3.63, 3.8) is 0 Å². The van der Waals surface area contributed by atoms with Crippen molar-refractivity contribution in [2.75, 3.05) is 6.61 Å². The zero-order valence-corrected chi connectivity index (χ0v) is 13.0. The van der Waals surface area contributed by atoms with Gasteiger partial charge in [-0.2, -0.15) is 13.2 Å². The third-order valence-electron chi connectivity index (χ3n) is 3.52. The maximum atomic E-state index is 12.7. The van der Waals surface area contributed by atoms with E-state index < -0.39 is 11.7 Å². The molecule has 5 nitrogen and oxygen atoms in total. The molecule has 0 amide bonds. The van der Waals surface area contributed by atoms with Crippen LogP contribution in [0.1, 0.15) is 24.0 Å². The Morgan fingerprint density at radius 3 is 2.96 bits per heavy atom. The first-order valence-corrected chi connectivity index (χ1v) is 8.17. The summed E-state index contributed by atoms with van der Waals surface area (Å²) in [4.78, 5) is 0. The van der Waals surface area contributed by atoms with Gasteiger partial charge in [0, 0.05) is 12.4 Å². The summed E-state index contributed by atoms with van der Waals surface area (Å²) >= 11 is 1.31. The summed E-state index contributed by atoms with van der Waals surface area (Å²) in [7, 11) is 0. The largest absolute Gasteiger partial charge is 0.416 e. The number of benzene rings is 1. The van der Waals surface area contributed by atoms with Gasteiger partial charge in [0.15, 0.2) is 0 Å². The molecule has 1 aromatic heterocycles. The zero-order chi connectivity index (χ0) is 16.3. The molecule has 0 saturated carbocycles. The maximum Gasteiger partial charge on any atom is 0.416 e. The van der Waals surface area contributed by atoms with Crippen molar-refractivity contribution in [1.82, 2.24) is 20.2 Å². The number of halogens is 3. The average Bonchev–Trinajstić information content (AvgIpc) is 3.17. The van der Waals surface area contributed by atoms with Gasteiger partial charge in [-0.1, -0.05) is 30.0 Å². The van der Waals surface area contributed by atoms with Crippen LogP contribution in [0.25, 0.3) is 0 Å². The highest BCUT2D eigenvalue weighted by Crippen LogP contribution is 2.31. The predicted molar refractivity (Wildman–Crippen MR) is 77.8 cm³/mol. The van der Waals surface area contributed by atoms with Crippen molar-refractivity contribution in [1.29, 1.82) is 0 Å². The Kier molecular flexibility index (Phi) is 4.86. The summed E-state index contributed by atoms with van der Waals surface area (Å²) in [6.45, 7) is 1.32. The number of thioether (sulfide) groups is 1. The van der Waals surface area contributed by atoms with Crippen LogP contribution in [0.2, 0.25) is 0 Å². The van der Waals surface area contributed by atoms with Gasteiger partial charge in [0.25, 0.3) is 0 Å². The minimum Gasteiger partial charge on any atom is -0.376 e. The predicted octanol–water partition coefficient (Wildman–Crippen LogP) is 3.16. The molecule has 1 aromatic carbocycles. The molecule has 1 aliphatic rings. The Labute approximate surface area is 135 Å². The number of alkyl halides is 3. The van der Waals surface area contributed by atoms with Gasteiger partial charge in [0.1, 0.15) is 0 Å². The molecule has 23 heavy (non-hydrogen) atoms. The van der Waals surface area contributed by atoms with Crippen LogP contribution >= 0.6 is 11.8 Å². The Balaban J connectivity index is 1.63. The quantitative estimate of drug-likeness (QED) is 0.780. The molecule has 0 aliphatic carbocycles. The van der Waals surface area contributed by atoms with Gasteiger partial charge in [0.05, 0.1) is 18.2 Å². The second-order valence-corrected chi connectivity index (χ2v) is 6.21. The molecule has 1 atom stereocenters. The first-order valence-electron chi connectivity index (χ1n) is 7.19. The molecule has 3 rings (SSSR count). The Hall–Kier alpha value is -1.61. The van der Waals surface area contributed by atoms with E-state index in [2.05, 4.69) is 15.5 Å². The smallest absolute Gasteiger partial charge is 0.376 e. The van der Waals surface area contributed by atoms with Crippen molar-refractivity contribution in [2.24, 2.45) is 0 Å². The molecule has 2 heterocycles. The summed E-state index contributed by atoms with van der Waals surface area (Å²) in [5, 5.41) is 12.1. The minimum absolute atomic E-state index is 0.103. The normalized spacial score (nSPS) is 18.5. The molecular formula is C14H15F3N4OS. The lowest BCUT2D eigenvalue weighted by atomic mass is 10.1. The van der Waals surface area contributed by atoms with Gasteiger partial charge in [-0.15, -0.1) is 5.10 Å². The van der Waals surface area contributed by atoms with Crippen LogP contribution in [-0.2, 0) is 23.2 Å². The molecular weight excluding hydrogens is 329 g/mol. The monoisotopic (exact) mass is 344 g/mol. The van der Waals surface area contributed by atoms with Crippen molar-refractivity contribution >= 4 is 11.8 Å². The molecule has 9 heteroatoms. The first kappa shape index (κ1) is 16.3. The van der Waals surface area contributed by atoms with Crippen molar-refractivity contribution in [3.8, 4) is 0 Å². The van der Waals surface area contributed by atoms with Gasteiger partial charge in [0.2, 0.25) is 5.16 Å². The van der Waals surface area contributed by atoms with E-state index in [0.29, 0.717) is 23.0 Å². The average molecular weight is 344 g/mol. The summed E-state index contributed by atoms with van der Waals surface area (Å²) in [6, 6.07) is 5.29. The fourth-order valence-electron chi connectivity index (χ4n) is 2.38. The molecule has 0 bridgehead atoms. The molecule has 1 fully saturated rings. The standard InChI is InChI=1S/C14H15F3N4OS/c15-14(16,17)11-4-1-3-10(7-11)9-23-13-18-19-20-21(13)8-12-5-2-6-22-12/h1,3-4,7,12H,2,5-6,8-9H2. The topological polar surface area (TPSA) is 52.8 Å². The van der Waals surface area contributed by atoms with Gasteiger partial charge in [-0.05, 0) is 34.9 Å². The number of nitrogens with zero attached hydrogens (tertiary/aromatic N) is 4. The summed E-state index contributed by atoms with van der Waals surface area (Å²) in [5.41, 5.74) is -0.0639. The maximum absolute atomic E-state index is 12.7. The Morgan fingerprint density at radius 1 is 1.35 bits per heavy atom. The molecule has 0 N–H and O–H groups in total. The Bertz CT molecular complexity index is 655. The Morgan fingerprint density at radius 2 is 2.22 bits per heavy atom.